The standard InChI is InChI=1S/C12H11NOS/c14-12-6-3-7-13(12)10-8-15-11-5-2-1-4-9(10)11/h1-2,4-5,8H,3,6-7H2. The van der Waals surface area contributed by atoms with Gasteiger partial charge in [-0.1, -0.05) is 18.2 Å². The third-order valence-electron chi connectivity index (χ3n) is 2.82. The van der Waals surface area contributed by atoms with E-state index in [1.807, 2.05) is 17.0 Å². The van der Waals surface area contributed by atoms with Crippen LogP contribution in [0.1, 0.15) is 12.8 Å². The quantitative estimate of drug-likeness (QED) is 0.719. The van der Waals surface area contributed by atoms with Gasteiger partial charge in [-0.25, -0.2) is 0 Å². The zero-order valence-electron chi connectivity index (χ0n) is 8.27. The second-order valence-electron chi connectivity index (χ2n) is 3.77. The van der Waals surface area contributed by atoms with E-state index in [4.69, 9.17) is 0 Å². The van der Waals surface area contributed by atoms with Crippen LogP contribution >= 0.6 is 11.3 Å². The van der Waals surface area contributed by atoms with Gasteiger partial charge in [0.05, 0.1) is 5.69 Å². The van der Waals surface area contributed by atoms with Gasteiger partial charge in [0.1, 0.15) is 0 Å². The van der Waals surface area contributed by atoms with Crippen molar-refractivity contribution in [3.63, 3.8) is 0 Å². The van der Waals surface area contributed by atoms with E-state index in [0.717, 1.165) is 18.7 Å². The predicted octanol–water partition coefficient (Wildman–Crippen LogP) is 3.03. The van der Waals surface area contributed by atoms with Gasteiger partial charge >= 0.3 is 0 Å². The van der Waals surface area contributed by atoms with Crippen molar-refractivity contribution in [2.24, 2.45) is 0 Å². The number of nitrogens with zero attached hydrogens (tertiary/aromatic N) is 1. The van der Waals surface area contributed by atoms with Crippen LogP contribution in [0.5, 0.6) is 0 Å². The van der Waals surface area contributed by atoms with Gasteiger partial charge in [-0.2, -0.15) is 0 Å². The number of hydrogen-bond donors (Lipinski definition) is 0. The van der Waals surface area contributed by atoms with Crippen LogP contribution in [0.15, 0.2) is 29.6 Å². The fourth-order valence-electron chi connectivity index (χ4n) is 2.08. The molecule has 2 heterocycles. The molecule has 3 heteroatoms. The number of rotatable bonds is 1. The lowest BCUT2D eigenvalue weighted by Crippen LogP contribution is -2.23. The molecule has 76 valence electrons. The summed E-state index contributed by atoms with van der Waals surface area (Å²) in [5, 5.41) is 3.30. The Hall–Kier alpha value is -1.35. The Balaban J connectivity index is 2.14. The molecule has 0 N–H and O–H groups in total. The van der Waals surface area contributed by atoms with Crippen LogP contribution in [0.25, 0.3) is 10.1 Å². The second-order valence-corrected chi connectivity index (χ2v) is 4.68. The monoisotopic (exact) mass is 217 g/mol. The van der Waals surface area contributed by atoms with Crippen molar-refractivity contribution < 1.29 is 4.79 Å². The van der Waals surface area contributed by atoms with Crippen molar-refractivity contribution >= 4 is 33.0 Å². The molecule has 0 spiro atoms. The van der Waals surface area contributed by atoms with Gasteiger partial charge < -0.3 is 4.90 Å². The molecule has 2 aromatic rings. The Labute approximate surface area is 92.1 Å². The maximum Gasteiger partial charge on any atom is 0.227 e. The highest BCUT2D eigenvalue weighted by molar-refractivity contribution is 7.17. The van der Waals surface area contributed by atoms with E-state index < -0.39 is 0 Å². The fourth-order valence-corrected chi connectivity index (χ4v) is 3.03. The maximum absolute atomic E-state index is 11.6. The summed E-state index contributed by atoms with van der Waals surface area (Å²) < 4.78 is 1.26. The van der Waals surface area contributed by atoms with Gasteiger partial charge in [-0.15, -0.1) is 11.3 Å². The van der Waals surface area contributed by atoms with Crippen molar-refractivity contribution in [2.75, 3.05) is 11.4 Å². The molecule has 3 rings (SSSR count). The molecule has 0 radical (unpaired) electrons. The molecule has 15 heavy (non-hydrogen) atoms. The summed E-state index contributed by atoms with van der Waals surface area (Å²) >= 11 is 1.71. The molecule has 0 atom stereocenters. The molecule has 1 aliphatic heterocycles. The van der Waals surface area contributed by atoms with E-state index in [0.29, 0.717) is 6.42 Å². The average Bonchev–Trinajstić information content (AvgIpc) is 2.83. The van der Waals surface area contributed by atoms with Crippen LogP contribution < -0.4 is 4.90 Å². The number of thiophene rings is 1. The molecule has 1 amide bonds. The largest absolute Gasteiger partial charge is 0.311 e. The summed E-state index contributed by atoms with van der Waals surface area (Å²) in [6.45, 7) is 0.875. The first-order valence-electron chi connectivity index (χ1n) is 5.13. The minimum absolute atomic E-state index is 0.263. The number of carbonyl (C=O) groups excluding carboxylic acids is 1. The minimum Gasteiger partial charge on any atom is -0.311 e. The molecule has 0 saturated carbocycles. The van der Waals surface area contributed by atoms with Crippen LogP contribution in [0, 0.1) is 0 Å². The molecule has 1 fully saturated rings. The van der Waals surface area contributed by atoms with Gasteiger partial charge in [0.25, 0.3) is 0 Å². The highest BCUT2D eigenvalue weighted by atomic mass is 32.1. The highest BCUT2D eigenvalue weighted by Gasteiger charge is 2.23. The second kappa shape index (κ2) is 3.35. The summed E-state index contributed by atoms with van der Waals surface area (Å²) in [7, 11) is 0. The summed E-state index contributed by atoms with van der Waals surface area (Å²) in [5.41, 5.74) is 1.10. The number of benzene rings is 1. The van der Waals surface area contributed by atoms with E-state index in [1.54, 1.807) is 11.3 Å². The van der Waals surface area contributed by atoms with E-state index in [-0.39, 0.29) is 5.91 Å². The first kappa shape index (κ1) is 8.92. The third kappa shape index (κ3) is 1.35. The molecule has 2 nitrogen and oxygen atoms in total. The first-order chi connectivity index (χ1) is 7.36. The highest BCUT2D eigenvalue weighted by Crippen LogP contribution is 2.34. The number of fused-ring (bicyclic) bond motifs is 1. The fraction of sp³-hybridized carbons (Fsp3) is 0.250. The minimum atomic E-state index is 0.263. The molecular weight excluding hydrogens is 206 g/mol. The lowest BCUT2D eigenvalue weighted by molar-refractivity contribution is -0.117. The molecule has 0 bridgehead atoms. The van der Waals surface area contributed by atoms with Gasteiger partial charge in [-0.3, -0.25) is 4.79 Å². The molecule has 1 saturated heterocycles. The van der Waals surface area contributed by atoms with Crippen LogP contribution in [-0.2, 0) is 4.79 Å². The van der Waals surface area contributed by atoms with Crippen molar-refractivity contribution in [1.29, 1.82) is 0 Å². The van der Waals surface area contributed by atoms with E-state index >= 15 is 0 Å². The predicted molar refractivity (Wildman–Crippen MR) is 63.4 cm³/mol. The Morgan fingerprint density at radius 1 is 1.27 bits per heavy atom. The van der Waals surface area contributed by atoms with Gasteiger partial charge in [0.15, 0.2) is 0 Å². The normalized spacial score (nSPS) is 16.5. The van der Waals surface area contributed by atoms with Crippen LogP contribution in [0.4, 0.5) is 5.69 Å². The lowest BCUT2D eigenvalue weighted by atomic mass is 10.2. The van der Waals surface area contributed by atoms with Crippen LogP contribution in [-0.4, -0.2) is 12.5 Å². The summed E-state index contributed by atoms with van der Waals surface area (Å²) in [5.74, 6) is 0.263. The molecule has 0 aliphatic carbocycles. The maximum atomic E-state index is 11.6. The smallest absolute Gasteiger partial charge is 0.227 e. The third-order valence-corrected chi connectivity index (χ3v) is 3.78. The van der Waals surface area contributed by atoms with Crippen LogP contribution in [0.2, 0.25) is 0 Å². The Bertz CT molecular complexity index is 517. The van der Waals surface area contributed by atoms with Gasteiger partial charge in [-0.05, 0) is 12.5 Å². The molecular formula is C12H11NOS. The van der Waals surface area contributed by atoms with Crippen LogP contribution in [0.3, 0.4) is 0 Å². The number of hydrogen-bond acceptors (Lipinski definition) is 2. The number of anilines is 1. The molecule has 1 aliphatic rings. The lowest BCUT2D eigenvalue weighted by Gasteiger charge is -2.13. The van der Waals surface area contributed by atoms with E-state index in [2.05, 4.69) is 17.5 Å². The Morgan fingerprint density at radius 3 is 2.93 bits per heavy atom. The van der Waals surface area contributed by atoms with Crippen molar-refractivity contribution in [1.82, 2.24) is 0 Å². The number of carbonyl (C=O) groups is 1. The van der Waals surface area contributed by atoms with Crippen molar-refractivity contribution in [2.45, 2.75) is 12.8 Å². The topological polar surface area (TPSA) is 20.3 Å². The molecule has 0 unspecified atom stereocenters. The summed E-state index contributed by atoms with van der Waals surface area (Å²) in [4.78, 5) is 13.6. The molecule has 1 aromatic heterocycles. The first-order valence-corrected chi connectivity index (χ1v) is 6.01. The van der Waals surface area contributed by atoms with Gasteiger partial charge in [0.2, 0.25) is 5.91 Å². The van der Waals surface area contributed by atoms with E-state index in [1.165, 1.54) is 10.1 Å². The van der Waals surface area contributed by atoms with Crippen molar-refractivity contribution in [3.05, 3.63) is 29.6 Å². The molecule has 1 aromatic carbocycles. The summed E-state index contributed by atoms with van der Waals surface area (Å²) in [6, 6.07) is 8.25. The summed E-state index contributed by atoms with van der Waals surface area (Å²) in [6.07, 6.45) is 1.69. The number of amides is 1. The zero-order chi connectivity index (χ0) is 10.3. The van der Waals surface area contributed by atoms with Crippen molar-refractivity contribution in [3.8, 4) is 0 Å². The zero-order valence-corrected chi connectivity index (χ0v) is 9.09. The van der Waals surface area contributed by atoms with Gasteiger partial charge in [0, 0.05) is 28.4 Å². The van der Waals surface area contributed by atoms with E-state index in [9.17, 15) is 4.79 Å². The Morgan fingerprint density at radius 2 is 2.13 bits per heavy atom. The average molecular weight is 217 g/mol. The SMILES string of the molecule is O=C1CCCN1c1csc2ccccc12. The Kier molecular flexibility index (Phi) is 1.99.